The predicted octanol–water partition coefficient (Wildman–Crippen LogP) is 1.04. The molecule has 0 aromatic carbocycles. The highest BCUT2D eigenvalue weighted by Gasteiger charge is 2.13. The predicted molar refractivity (Wildman–Crippen MR) is 75.4 cm³/mol. The molecule has 1 aromatic heterocycles. The Kier molecular flexibility index (Phi) is 4.36. The molecule has 0 aliphatic carbocycles. The van der Waals surface area contributed by atoms with Gasteiger partial charge in [-0.3, -0.25) is 0 Å². The van der Waals surface area contributed by atoms with Crippen molar-refractivity contribution in [1.29, 1.82) is 0 Å². The maximum Gasteiger partial charge on any atom is 0.134 e. The molecule has 100 valence electrons. The molecule has 2 heterocycles. The first-order chi connectivity index (χ1) is 8.70. The van der Waals surface area contributed by atoms with Gasteiger partial charge in [0.05, 0.1) is 0 Å². The SMILES string of the molecule is CCN(C)c1cc(N2CCCNCC2)nc(C)n1. The van der Waals surface area contributed by atoms with Crippen LogP contribution in [-0.2, 0) is 0 Å². The molecule has 0 atom stereocenters. The summed E-state index contributed by atoms with van der Waals surface area (Å²) in [5, 5.41) is 3.41. The normalized spacial score (nSPS) is 16.5. The van der Waals surface area contributed by atoms with Crippen molar-refractivity contribution in [2.24, 2.45) is 0 Å². The molecule has 1 saturated heterocycles. The first-order valence-electron chi connectivity index (χ1n) is 6.73. The molecule has 0 saturated carbocycles. The Bertz CT molecular complexity index is 385. The highest BCUT2D eigenvalue weighted by molar-refractivity contribution is 5.50. The van der Waals surface area contributed by atoms with Gasteiger partial charge in [-0.05, 0) is 26.8 Å². The van der Waals surface area contributed by atoms with Gasteiger partial charge in [-0.25, -0.2) is 9.97 Å². The van der Waals surface area contributed by atoms with Gasteiger partial charge in [-0.1, -0.05) is 0 Å². The Morgan fingerprint density at radius 2 is 2.17 bits per heavy atom. The van der Waals surface area contributed by atoms with Crippen LogP contribution in [0.3, 0.4) is 0 Å². The lowest BCUT2D eigenvalue weighted by molar-refractivity contribution is 0.724. The second-order valence-electron chi connectivity index (χ2n) is 4.74. The molecule has 0 spiro atoms. The third-order valence-corrected chi connectivity index (χ3v) is 3.34. The van der Waals surface area contributed by atoms with Crippen molar-refractivity contribution < 1.29 is 0 Å². The van der Waals surface area contributed by atoms with Crippen LogP contribution < -0.4 is 15.1 Å². The highest BCUT2D eigenvalue weighted by Crippen LogP contribution is 2.18. The van der Waals surface area contributed by atoms with Gasteiger partial charge in [0.2, 0.25) is 0 Å². The molecule has 1 aromatic rings. The fourth-order valence-corrected chi connectivity index (χ4v) is 2.13. The second-order valence-corrected chi connectivity index (χ2v) is 4.74. The van der Waals surface area contributed by atoms with Gasteiger partial charge in [0.1, 0.15) is 17.5 Å². The van der Waals surface area contributed by atoms with E-state index in [0.717, 1.165) is 50.2 Å². The van der Waals surface area contributed by atoms with E-state index in [0.29, 0.717) is 0 Å². The van der Waals surface area contributed by atoms with Gasteiger partial charge < -0.3 is 15.1 Å². The molecule has 0 unspecified atom stereocenters. The molecule has 0 bridgehead atoms. The van der Waals surface area contributed by atoms with E-state index in [2.05, 4.69) is 45.1 Å². The summed E-state index contributed by atoms with van der Waals surface area (Å²) in [7, 11) is 2.07. The molecule has 1 aliphatic rings. The summed E-state index contributed by atoms with van der Waals surface area (Å²) >= 11 is 0. The molecule has 2 rings (SSSR count). The van der Waals surface area contributed by atoms with E-state index in [1.807, 2.05) is 6.92 Å². The Morgan fingerprint density at radius 1 is 1.33 bits per heavy atom. The Hall–Kier alpha value is -1.36. The van der Waals surface area contributed by atoms with E-state index in [-0.39, 0.29) is 0 Å². The summed E-state index contributed by atoms with van der Waals surface area (Å²) < 4.78 is 0. The lowest BCUT2D eigenvalue weighted by Gasteiger charge is -2.23. The van der Waals surface area contributed by atoms with Gasteiger partial charge in [0, 0.05) is 39.3 Å². The number of rotatable bonds is 3. The van der Waals surface area contributed by atoms with Gasteiger partial charge in [0.25, 0.3) is 0 Å². The number of anilines is 2. The van der Waals surface area contributed by atoms with Crippen LogP contribution >= 0.6 is 0 Å². The molecule has 1 aliphatic heterocycles. The van der Waals surface area contributed by atoms with Crippen LogP contribution in [-0.4, -0.2) is 49.7 Å². The van der Waals surface area contributed by atoms with Gasteiger partial charge in [-0.15, -0.1) is 0 Å². The molecule has 1 N–H and O–H groups in total. The summed E-state index contributed by atoms with van der Waals surface area (Å²) in [6.07, 6.45) is 1.17. The fraction of sp³-hybridized carbons (Fsp3) is 0.692. The summed E-state index contributed by atoms with van der Waals surface area (Å²) in [5.41, 5.74) is 0. The van der Waals surface area contributed by atoms with E-state index in [4.69, 9.17) is 0 Å². The van der Waals surface area contributed by atoms with Crippen LogP contribution in [0.25, 0.3) is 0 Å². The van der Waals surface area contributed by atoms with E-state index in [1.54, 1.807) is 0 Å². The molecular formula is C13H23N5. The number of aryl methyl sites for hydroxylation is 1. The number of nitrogens with zero attached hydrogens (tertiary/aromatic N) is 4. The average Bonchev–Trinajstić information content (AvgIpc) is 2.66. The number of nitrogens with one attached hydrogen (secondary N) is 1. The lowest BCUT2D eigenvalue weighted by Crippen LogP contribution is -2.29. The smallest absolute Gasteiger partial charge is 0.134 e. The van der Waals surface area contributed by atoms with Crippen LogP contribution in [0.1, 0.15) is 19.2 Å². The number of aromatic nitrogens is 2. The van der Waals surface area contributed by atoms with E-state index < -0.39 is 0 Å². The van der Waals surface area contributed by atoms with Gasteiger partial charge in [-0.2, -0.15) is 0 Å². The van der Waals surface area contributed by atoms with E-state index in [1.165, 1.54) is 6.42 Å². The average molecular weight is 249 g/mol. The third-order valence-electron chi connectivity index (χ3n) is 3.34. The van der Waals surface area contributed by atoms with Crippen molar-refractivity contribution in [3.8, 4) is 0 Å². The maximum atomic E-state index is 4.58. The van der Waals surface area contributed by atoms with E-state index in [9.17, 15) is 0 Å². The molecule has 5 heteroatoms. The Balaban J connectivity index is 2.23. The minimum absolute atomic E-state index is 0.847. The van der Waals surface area contributed by atoms with Crippen LogP contribution in [0.2, 0.25) is 0 Å². The molecular weight excluding hydrogens is 226 g/mol. The lowest BCUT2D eigenvalue weighted by atomic mass is 10.3. The maximum absolute atomic E-state index is 4.58. The third kappa shape index (κ3) is 3.10. The molecule has 1 fully saturated rings. The zero-order valence-electron chi connectivity index (χ0n) is 11.6. The quantitative estimate of drug-likeness (QED) is 0.867. The minimum atomic E-state index is 0.847. The Labute approximate surface area is 109 Å². The zero-order valence-corrected chi connectivity index (χ0v) is 11.6. The molecule has 0 radical (unpaired) electrons. The van der Waals surface area contributed by atoms with Gasteiger partial charge in [0.15, 0.2) is 0 Å². The zero-order chi connectivity index (χ0) is 13.0. The fourth-order valence-electron chi connectivity index (χ4n) is 2.13. The van der Waals surface area contributed by atoms with Crippen LogP contribution in [0.5, 0.6) is 0 Å². The largest absolute Gasteiger partial charge is 0.360 e. The number of hydrogen-bond acceptors (Lipinski definition) is 5. The van der Waals surface area contributed by atoms with Crippen LogP contribution in [0, 0.1) is 6.92 Å². The van der Waals surface area contributed by atoms with Crippen molar-refractivity contribution in [2.45, 2.75) is 20.3 Å². The highest BCUT2D eigenvalue weighted by atomic mass is 15.2. The van der Waals surface area contributed by atoms with Crippen molar-refractivity contribution in [3.05, 3.63) is 11.9 Å². The second kappa shape index (κ2) is 6.00. The topological polar surface area (TPSA) is 44.3 Å². The van der Waals surface area contributed by atoms with E-state index >= 15 is 0 Å². The summed E-state index contributed by atoms with van der Waals surface area (Å²) in [6.45, 7) is 9.27. The standard InChI is InChI=1S/C13H23N5/c1-4-17(3)12-10-13(16-11(2)15-12)18-8-5-6-14-7-9-18/h10,14H,4-9H2,1-3H3. The molecule has 18 heavy (non-hydrogen) atoms. The monoisotopic (exact) mass is 249 g/mol. The molecule has 0 amide bonds. The van der Waals surface area contributed by atoms with Crippen molar-refractivity contribution in [1.82, 2.24) is 15.3 Å². The summed E-state index contributed by atoms with van der Waals surface area (Å²) in [6, 6.07) is 2.10. The first kappa shape index (κ1) is 13.1. The van der Waals surface area contributed by atoms with Gasteiger partial charge >= 0.3 is 0 Å². The Morgan fingerprint density at radius 3 is 2.94 bits per heavy atom. The van der Waals surface area contributed by atoms with Crippen molar-refractivity contribution in [3.63, 3.8) is 0 Å². The van der Waals surface area contributed by atoms with Crippen molar-refractivity contribution >= 4 is 11.6 Å². The summed E-state index contributed by atoms with van der Waals surface area (Å²) in [5.74, 6) is 2.92. The summed E-state index contributed by atoms with van der Waals surface area (Å²) in [4.78, 5) is 13.6. The van der Waals surface area contributed by atoms with Crippen molar-refractivity contribution in [2.75, 3.05) is 49.6 Å². The first-order valence-corrected chi connectivity index (χ1v) is 6.73. The van der Waals surface area contributed by atoms with Crippen LogP contribution in [0.15, 0.2) is 6.07 Å². The minimum Gasteiger partial charge on any atom is -0.360 e. The van der Waals surface area contributed by atoms with Crippen LogP contribution in [0.4, 0.5) is 11.6 Å². The molecule has 5 nitrogen and oxygen atoms in total. The number of hydrogen-bond donors (Lipinski definition) is 1.